The fourth-order valence-corrected chi connectivity index (χ4v) is 2.38. The zero-order valence-corrected chi connectivity index (χ0v) is 18.2. The Hall–Kier alpha value is -2.11. The number of nitrogens with zero attached hydrogens (tertiary/aromatic N) is 3. The minimum absolute atomic E-state index is 0. The predicted molar refractivity (Wildman–Crippen MR) is 115 cm³/mol. The zero-order chi connectivity index (χ0) is 19.5. The van der Waals surface area contributed by atoms with E-state index in [0.29, 0.717) is 30.4 Å². The first-order valence-corrected chi connectivity index (χ1v) is 8.73. The van der Waals surface area contributed by atoms with Crippen molar-refractivity contribution in [1.29, 1.82) is 0 Å². The number of ether oxygens (including phenoxy) is 2. The lowest BCUT2D eigenvalue weighted by Crippen LogP contribution is -2.38. The van der Waals surface area contributed by atoms with Gasteiger partial charge in [-0.25, -0.2) is 4.99 Å². The van der Waals surface area contributed by atoms with Crippen LogP contribution in [0, 0.1) is 0 Å². The number of aryl methyl sites for hydroxylation is 1. The highest BCUT2D eigenvalue weighted by Gasteiger charge is 2.11. The molecule has 2 rings (SSSR count). The third-order valence-electron chi connectivity index (χ3n) is 3.66. The molecule has 0 amide bonds. The molecule has 0 unspecified atom stereocenters. The van der Waals surface area contributed by atoms with E-state index in [1.807, 2.05) is 23.9 Å². The van der Waals surface area contributed by atoms with Gasteiger partial charge in [0.25, 0.3) is 0 Å². The van der Waals surface area contributed by atoms with E-state index in [1.165, 1.54) is 13.2 Å². The van der Waals surface area contributed by atoms with Gasteiger partial charge in [-0.15, -0.1) is 24.0 Å². The van der Waals surface area contributed by atoms with Gasteiger partial charge in [0.2, 0.25) is 0 Å². The van der Waals surface area contributed by atoms with Crippen molar-refractivity contribution in [3.05, 3.63) is 42.2 Å². The predicted octanol–water partition coefficient (Wildman–Crippen LogP) is 3.26. The lowest BCUT2D eigenvalue weighted by molar-refractivity contribution is -0.0505. The fourth-order valence-electron chi connectivity index (χ4n) is 2.38. The molecule has 0 saturated heterocycles. The first-order valence-electron chi connectivity index (χ1n) is 8.73. The van der Waals surface area contributed by atoms with Crippen LogP contribution in [0.1, 0.15) is 18.9 Å². The molecular weight excluding hydrogens is 483 g/mol. The Morgan fingerprint density at radius 2 is 2.14 bits per heavy atom. The normalized spacial score (nSPS) is 11.1. The molecule has 0 radical (unpaired) electrons. The van der Waals surface area contributed by atoms with E-state index in [9.17, 15) is 8.78 Å². The van der Waals surface area contributed by atoms with E-state index in [4.69, 9.17) is 4.74 Å². The molecule has 0 aliphatic rings. The number of nitrogens with one attached hydrogen (secondary N) is 2. The molecule has 0 atom stereocenters. The van der Waals surface area contributed by atoms with Crippen LogP contribution in [0.4, 0.5) is 8.78 Å². The largest absolute Gasteiger partial charge is 0.497 e. The van der Waals surface area contributed by atoms with Crippen LogP contribution in [0.2, 0.25) is 0 Å². The highest BCUT2D eigenvalue weighted by molar-refractivity contribution is 14.0. The van der Waals surface area contributed by atoms with Gasteiger partial charge in [0.15, 0.2) is 5.96 Å². The molecule has 2 N–H and O–H groups in total. The van der Waals surface area contributed by atoms with Gasteiger partial charge in [0, 0.05) is 43.7 Å². The summed E-state index contributed by atoms with van der Waals surface area (Å²) in [6.45, 7) is 1.43. The molecular formula is C18H26F2IN5O2. The second kappa shape index (κ2) is 13.1. The Labute approximate surface area is 180 Å². The van der Waals surface area contributed by atoms with E-state index in [0.717, 1.165) is 13.0 Å². The number of benzene rings is 1. The van der Waals surface area contributed by atoms with Crippen molar-refractivity contribution < 1.29 is 18.3 Å². The molecule has 2 aromatic rings. The number of alkyl halides is 2. The molecule has 156 valence electrons. The Balaban J connectivity index is 0.00000392. The van der Waals surface area contributed by atoms with Gasteiger partial charge in [0.1, 0.15) is 11.5 Å². The summed E-state index contributed by atoms with van der Waals surface area (Å²) >= 11 is 0. The number of aromatic nitrogens is 2. The first-order chi connectivity index (χ1) is 13.1. The molecule has 0 spiro atoms. The maximum absolute atomic E-state index is 12.6. The molecule has 0 aliphatic carbocycles. The van der Waals surface area contributed by atoms with Crippen LogP contribution in [0.3, 0.4) is 0 Å². The number of hydrogen-bond acceptors (Lipinski definition) is 4. The second-order valence-corrected chi connectivity index (χ2v) is 5.60. The van der Waals surface area contributed by atoms with Gasteiger partial charge in [-0.2, -0.15) is 13.9 Å². The average Bonchev–Trinajstić information content (AvgIpc) is 3.16. The second-order valence-electron chi connectivity index (χ2n) is 5.60. The molecule has 28 heavy (non-hydrogen) atoms. The number of aliphatic imine (C=N–C) groups is 1. The van der Waals surface area contributed by atoms with Crippen LogP contribution in [0.25, 0.3) is 0 Å². The Morgan fingerprint density at radius 3 is 2.79 bits per heavy atom. The minimum atomic E-state index is -2.91. The van der Waals surface area contributed by atoms with Crippen LogP contribution in [-0.4, -0.2) is 42.6 Å². The van der Waals surface area contributed by atoms with Crippen molar-refractivity contribution >= 4 is 29.9 Å². The van der Waals surface area contributed by atoms with Gasteiger partial charge >= 0.3 is 6.61 Å². The fraction of sp³-hybridized carbons (Fsp3) is 0.444. The third kappa shape index (κ3) is 8.28. The van der Waals surface area contributed by atoms with Crippen LogP contribution in [0.5, 0.6) is 11.5 Å². The Morgan fingerprint density at radius 1 is 1.32 bits per heavy atom. The number of rotatable bonds is 10. The lowest BCUT2D eigenvalue weighted by atomic mass is 10.2. The molecule has 0 fully saturated rings. The summed E-state index contributed by atoms with van der Waals surface area (Å²) < 4.78 is 36.8. The number of halogens is 3. The Kier molecular flexibility index (Phi) is 11.2. The molecule has 0 bridgehead atoms. The van der Waals surface area contributed by atoms with Crippen LogP contribution in [-0.2, 0) is 13.1 Å². The first kappa shape index (κ1) is 23.9. The lowest BCUT2D eigenvalue weighted by Gasteiger charge is -2.13. The van der Waals surface area contributed by atoms with E-state index in [1.54, 1.807) is 18.3 Å². The van der Waals surface area contributed by atoms with Crippen molar-refractivity contribution in [3.63, 3.8) is 0 Å². The van der Waals surface area contributed by atoms with Gasteiger partial charge in [0.05, 0.1) is 13.7 Å². The van der Waals surface area contributed by atoms with Crippen LogP contribution >= 0.6 is 24.0 Å². The summed E-state index contributed by atoms with van der Waals surface area (Å²) in [5.74, 6) is 1.11. The molecule has 0 saturated carbocycles. The molecule has 1 aromatic carbocycles. The summed E-state index contributed by atoms with van der Waals surface area (Å²) in [7, 11) is 1.47. The van der Waals surface area contributed by atoms with Crippen LogP contribution < -0.4 is 20.1 Å². The van der Waals surface area contributed by atoms with Crippen molar-refractivity contribution in [2.75, 3.05) is 20.2 Å². The summed E-state index contributed by atoms with van der Waals surface area (Å²) in [4.78, 5) is 4.45. The van der Waals surface area contributed by atoms with E-state index in [-0.39, 0.29) is 36.3 Å². The molecule has 7 nitrogen and oxygen atoms in total. The molecule has 1 aromatic heterocycles. The quantitative estimate of drug-likeness (QED) is 0.223. The number of guanidine groups is 1. The molecule has 10 heteroatoms. The third-order valence-corrected chi connectivity index (χ3v) is 3.66. The highest BCUT2D eigenvalue weighted by atomic mass is 127. The van der Waals surface area contributed by atoms with Crippen molar-refractivity contribution in [1.82, 2.24) is 20.4 Å². The molecule has 0 aliphatic heterocycles. The topological polar surface area (TPSA) is 72.7 Å². The van der Waals surface area contributed by atoms with Crippen molar-refractivity contribution in [2.24, 2.45) is 4.99 Å². The average molecular weight is 509 g/mol. The van der Waals surface area contributed by atoms with Crippen LogP contribution in [0.15, 0.2) is 41.7 Å². The van der Waals surface area contributed by atoms with Gasteiger partial charge in [-0.3, -0.25) is 4.68 Å². The Bertz CT molecular complexity index is 714. The molecule has 1 heterocycles. The minimum Gasteiger partial charge on any atom is -0.497 e. The summed E-state index contributed by atoms with van der Waals surface area (Å²) in [5, 5.41) is 10.5. The zero-order valence-electron chi connectivity index (χ0n) is 15.9. The smallest absolute Gasteiger partial charge is 0.387 e. The van der Waals surface area contributed by atoms with Gasteiger partial charge in [-0.05, 0) is 31.5 Å². The highest BCUT2D eigenvalue weighted by Crippen LogP contribution is 2.27. The van der Waals surface area contributed by atoms with E-state index in [2.05, 4.69) is 25.5 Å². The number of hydrogen-bond donors (Lipinski definition) is 2. The SMILES string of the molecule is CCNC(=NCc1ccc(OC)cc1OC(F)F)NCCCn1cccn1.I. The van der Waals surface area contributed by atoms with E-state index < -0.39 is 6.61 Å². The van der Waals surface area contributed by atoms with Gasteiger partial charge in [-0.1, -0.05) is 0 Å². The monoisotopic (exact) mass is 509 g/mol. The van der Waals surface area contributed by atoms with E-state index >= 15 is 0 Å². The van der Waals surface area contributed by atoms with Crippen molar-refractivity contribution in [2.45, 2.75) is 33.0 Å². The summed E-state index contributed by atoms with van der Waals surface area (Å²) in [5.41, 5.74) is 0.546. The summed E-state index contributed by atoms with van der Waals surface area (Å²) in [6.07, 6.45) is 4.52. The standard InChI is InChI=1S/C18H25F2N5O2.HI/c1-3-21-18(22-8-4-10-25-11-5-9-24-25)23-13-14-6-7-15(26-2)12-16(14)27-17(19)20;/h5-7,9,11-12,17H,3-4,8,10,13H2,1-2H3,(H2,21,22,23);1H. The number of methoxy groups -OCH3 is 1. The summed E-state index contributed by atoms with van der Waals surface area (Å²) in [6, 6.07) is 6.67. The maximum Gasteiger partial charge on any atom is 0.387 e. The maximum atomic E-state index is 12.6. The van der Waals surface area contributed by atoms with Gasteiger partial charge < -0.3 is 20.1 Å². The van der Waals surface area contributed by atoms with Crippen molar-refractivity contribution in [3.8, 4) is 11.5 Å².